The number of aromatic nitrogens is 1. The summed E-state index contributed by atoms with van der Waals surface area (Å²) >= 11 is 0. The summed E-state index contributed by atoms with van der Waals surface area (Å²) in [6.45, 7) is 12.4. The van der Waals surface area contributed by atoms with Crippen molar-refractivity contribution >= 4 is 11.8 Å². The van der Waals surface area contributed by atoms with Crippen molar-refractivity contribution in [3.63, 3.8) is 0 Å². The van der Waals surface area contributed by atoms with Crippen LogP contribution in [0.2, 0.25) is 0 Å². The number of anilines is 1. The molecule has 2 heterocycles. The molecule has 0 saturated carbocycles. The smallest absolute Gasteiger partial charge is 0.188 e. The van der Waals surface area contributed by atoms with Crippen molar-refractivity contribution in [3.05, 3.63) is 23.9 Å². The van der Waals surface area contributed by atoms with Gasteiger partial charge in [-0.25, -0.2) is 9.98 Å². The highest BCUT2D eigenvalue weighted by atomic mass is 16.5. The van der Waals surface area contributed by atoms with Crippen LogP contribution in [0.4, 0.5) is 5.82 Å². The molecule has 0 spiro atoms. The number of hydrogen-bond donors (Lipinski definition) is 2. The minimum atomic E-state index is 0.478. The van der Waals surface area contributed by atoms with Gasteiger partial charge in [-0.05, 0) is 37.6 Å². The first kappa shape index (κ1) is 19.5. The Labute approximate surface area is 151 Å². The third kappa shape index (κ3) is 6.88. The molecule has 25 heavy (non-hydrogen) atoms. The number of nitrogens with one attached hydrogen (secondary N) is 1. The largest absolute Gasteiger partial charge is 0.382 e. The van der Waals surface area contributed by atoms with Gasteiger partial charge in [-0.3, -0.25) is 0 Å². The van der Waals surface area contributed by atoms with E-state index in [9.17, 15) is 0 Å². The summed E-state index contributed by atoms with van der Waals surface area (Å²) < 4.78 is 5.29. The van der Waals surface area contributed by atoms with Crippen LogP contribution < -0.4 is 16.0 Å². The fourth-order valence-electron chi connectivity index (χ4n) is 2.79. The fourth-order valence-corrected chi connectivity index (χ4v) is 2.79. The van der Waals surface area contributed by atoms with Crippen LogP contribution in [-0.2, 0) is 11.3 Å². The van der Waals surface area contributed by atoms with Gasteiger partial charge in [-0.2, -0.15) is 0 Å². The zero-order chi connectivity index (χ0) is 17.9. The van der Waals surface area contributed by atoms with Crippen molar-refractivity contribution in [2.45, 2.75) is 26.8 Å². The molecular weight excluding hydrogens is 316 g/mol. The minimum Gasteiger partial charge on any atom is -0.382 e. The number of pyridine rings is 1. The lowest BCUT2D eigenvalue weighted by Crippen LogP contribution is -2.46. The Balaban J connectivity index is 1.79. The summed E-state index contributed by atoms with van der Waals surface area (Å²) in [6, 6.07) is 4.12. The molecule has 7 heteroatoms. The Morgan fingerprint density at radius 2 is 2.12 bits per heavy atom. The van der Waals surface area contributed by atoms with Gasteiger partial charge in [-0.15, -0.1) is 0 Å². The normalized spacial score (nSPS) is 16.2. The summed E-state index contributed by atoms with van der Waals surface area (Å²) in [5.41, 5.74) is 7.04. The molecule has 2 rings (SSSR count). The van der Waals surface area contributed by atoms with Gasteiger partial charge in [0.25, 0.3) is 0 Å². The second-order valence-corrected chi connectivity index (χ2v) is 6.12. The third-order valence-electron chi connectivity index (χ3n) is 4.36. The van der Waals surface area contributed by atoms with Crippen LogP contribution in [-0.4, -0.2) is 68.3 Å². The quantitative estimate of drug-likeness (QED) is 0.395. The molecule has 0 atom stereocenters. The zero-order valence-electron chi connectivity index (χ0n) is 15.6. The number of guanidine groups is 1. The SMILES string of the molecule is CCOCCCNC(N)=NCc1ccnc(N2CCN(CC)CC2)c1. The van der Waals surface area contributed by atoms with E-state index in [4.69, 9.17) is 10.5 Å². The molecule has 1 saturated heterocycles. The van der Waals surface area contributed by atoms with Gasteiger partial charge in [0.05, 0.1) is 6.54 Å². The van der Waals surface area contributed by atoms with E-state index in [1.165, 1.54) is 0 Å². The molecule has 0 aromatic carbocycles. The maximum Gasteiger partial charge on any atom is 0.188 e. The third-order valence-corrected chi connectivity index (χ3v) is 4.36. The summed E-state index contributed by atoms with van der Waals surface area (Å²) in [5.74, 6) is 1.51. The Morgan fingerprint density at radius 3 is 2.84 bits per heavy atom. The standard InChI is InChI=1S/C18H32N6O/c1-3-23-9-11-24(12-10-23)17-14-16(6-8-20-17)15-22-18(19)21-7-5-13-25-4-2/h6,8,14H,3-5,7,9-13,15H2,1-2H3,(H3,19,21,22). The van der Waals surface area contributed by atoms with Crippen LogP contribution in [0.15, 0.2) is 23.3 Å². The van der Waals surface area contributed by atoms with E-state index in [1.54, 1.807) is 0 Å². The number of ether oxygens (including phenoxy) is 1. The van der Waals surface area contributed by atoms with Crippen molar-refractivity contribution in [1.82, 2.24) is 15.2 Å². The van der Waals surface area contributed by atoms with Crippen LogP contribution in [0.1, 0.15) is 25.8 Å². The summed E-state index contributed by atoms with van der Waals surface area (Å²) in [4.78, 5) is 13.7. The fraction of sp³-hybridized carbons (Fsp3) is 0.667. The molecule has 3 N–H and O–H groups in total. The van der Waals surface area contributed by atoms with E-state index in [-0.39, 0.29) is 0 Å². The van der Waals surface area contributed by atoms with Gasteiger partial charge in [0, 0.05) is 52.1 Å². The molecular formula is C18H32N6O. The highest BCUT2D eigenvalue weighted by molar-refractivity contribution is 5.77. The molecule has 140 valence electrons. The molecule has 1 aromatic rings. The Bertz CT molecular complexity index is 528. The molecule has 0 amide bonds. The molecule has 0 radical (unpaired) electrons. The van der Waals surface area contributed by atoms with Crippen molar-refractivity contribution in [2.75, 3.05) is 57.4 Å². The second-order valence-electron chi connectivity index (χ2n) is 6.12. The van der Waals surface area contributed by atoms with Crippen LogP contribution >= 0.6 is 0 Å². The average Bonchev–Trinajstić information content (AvgIpc) is 2.66. The van der Waals surface area contributed by atoms with Gasteiger partial charge in [-0.1, -0.05) is 6.92 Å². The Hall–Kier alpha value is -1.86. The predicted octanol–water partition coefficient (Wildman–Crippen LogP) is 1.05. The van der Waals surface area contributed by atoms with Crippen molar-refractivity contribution in [2.24, 2.45) is 10.7 Å². The van der Waals surface area contributed by atoms with Gasteiger partial charge >= 0.3 is 0 Å². The molecule has 7 nitrogen and oxygen atoms in total. The maximum absolute atomic E-state index is 5.91. The molecule has 1 aromatic heterocycles. The topological polar surface area (TPSA) is 79.0 Å². The van der Waals surface area contributed by atoms with E-state index < -0.39 is 0 Å². The first-order valence-corrected chi connectivity index (χ1v) is 9.26. The zero-order valence-corrected chi connectivity index (χ0v) is 15.6. The second kappa shape index (κ2) is 10.9. The number of hydrogen-bond acceptors (Lipinski definition) is 5. The number of rotatable bonds is 9. The molecule has 1 aliphatic heterocycles. The lowest BCUT2D eigenvalue weighted by atomic mass is 10.2. The Morgan fingerprint density at radius 1 is 1.32 bits per heavy atom. The highest BCUT2D eigenvalue weighted by Crippen LogP contribution is 2.15. The van der Waals surface area contributed by atoms with E-state index in [1.807, 2.05) is 19.2 Å². The van der Waals surface area contributed by atoms with E-state index in [0.717, 1.165) is 70.3 Å². The number of aliphatic imine (C=N–C) groups is 1. The van der Waals surface area contributed by atoms with E-state index >= 15 is 0 Å². The van der Waals surface area contributed by atoms with Crippen molar-refractivity contribution < 1.29 is 4.74 Å². The van der Waals surface area contributed by atoms with Crippen LogP contribution in [0.3, 0.4) is 0 Å². The number of piperazine rings is 1. The van der Waals surface area contributed by atoms with Crippen LogP contribution in [0.5, 0.6) is 0 Å². The first-order valence-electron chi connectivity index (χ1n) is 9.26. The van der Waals surface area contributed by atoms with Gasteiger partial charge in [0.15, 0.2) is 5.96 Å². The van der Waals surface area contributed by atoms with Gasteiger partial charge in [0.1, 0.15) is 5.82 Å². The van der Waals surface area contributed by atoms with Gasteiger partial charge < -0.3 is 25.6 Å². The summed E-state index contributed by atoms with van der Waals surface area (Å²) in [5, 5.41) is 3.12. The summed E-state index contributed by atoms with van der Waals surface area (Å²) in [7, 11) is 0. The van der Waals surface area contributed by atoms with Gasteiger partial charge in [0.2, 0.25) is 0 Å². The van der Waals surface area contributed by atoms with Crippen LogP contribution in [0, 0.1) is 0 Å². The average molecular weight is 348 g/mol. The highest BCUT2D eigenvalue weighted by Gasteiger charge is 2.16. The van der Waals surface area contributed by atoms with E-state index in [0.29, 0.717) is 12.5 Å². The first-order chi connectivity index (χ1) is 12.2. The summed E-state index contributed by atoms with van der Waals surface area (Å²) in [6.07, 6.45) is 2.78. The number of nitrogens with two attached hydrogens (primary N) is 1. The monoisotopic (exact) mass is 348 g/mol. The Kier molecular flexibility index (Phi) is 8.48. The maximum atomic E-state index is 5.91. The van der Waals surface area contributed by atoms with Crippen molar-refractivity contribution in [3.8, 4) is 0 Å². The van der Waals surface area contributed by atoms with E-state index in [2.05, 4.69) is 38.1 Å². The molecule has 0 bridgehead atoms. The molecule has 0 aliphatic carbocycles. The number of likely N-dealkylation sites (N-methyl/N-ethyl adjacent to an activating group) is 1. The predicted molar refractivity (Wildman–Crippen MR) is 103 cm³/mol. The minimum absolute atomic E-state index is 0.478. The number of nitrogens with zero attached hydrogens (tertiary/aromatic N) is 4. The van der Waals surface area contributed by atoms with Crippen molar-refractivity contribution in [1.29, 1.82) is 0 Å². The van der Waals surface area contributed by atoms with Crippen LogP contribution in [0.25, 0.3) is 0 Å². The molecule has 1 fully saturated rings. The molecule has 0 unspecified atom stereocenters. The lowest BCUT2D eigenvalue weighted by molar-refractivity contribution is 0.145. The molecule has 1 aliphatic rings. The lowest BCUT2D eigenvalue weighted by Gasteiger charge is -2.34.